The second-order valence-corrected chi connectivity index (χ2v) is 5.95. The Balaban J connectivity index is 1.98. The Bertz CT molecular complexity index is 388. The van der Waals surface area contributed by atoms with Crippen LogP contribution in [0.1, 0.15) is 44.9 Å². The number of halogens is 1. The molecule has 0 spiro atoms. The average Bonchev–Trinajstić information content (AvgIpc) is 2.39. The number of nitrogens with one attached hydrogen (secondary N) is 1. The van der Waals surface area contributed by atoms with Crippen LogP contribution in [0, 0.1) is 11.8 Å². The van der Waals surface area contributed by atoms with Crippen molar-refractivity contribution in [2.75, 3.05) is 0 Å². The van der Waals surface area contributed by atoms with E-state index in [1.54, 1.807) is 6.08 Å². The molecule has 106 valence electrons. The van der Waals surface area contributed by atoms with Crippen molar-refractivity contribution < 1.29 is 14.7 Å². The first-order chi connectivity index (χ1) is 9.08. The molecule has 0 aromatic heterocycles. The summed E-state index contributed by atoms with van der Waals surface area (Å²) in [4.78, 5) is 23.3. The number of carboxylic acid groups (broad SMARTS) is 1. The molecule has 0 unspecified atom stereocenters. The van der Waals surface area contributed by atoms with E-state index in [0.717, 1.165) is 25.7 Å². The molecule has 5 heteroatoms. The van der Waals surface area contributed by atoms with Gasteiger partial charge >= 0.3 is 0 Å². The van der Waals surface area contributed by atoms with Gasteiger partial charge in [-0.05, 0) is 25.7 Å². The minimum Gasteiger partial charge on any atom is -0.550 e. The number of amides is 1. The van der Waals surface area contributed by atoms with Gasteiger partial charge in [-0.15, -0.1) is 0 Å². The van der Waals surface area contributed by atoms with Crippen LogP contribution < -0.4 is 10.4 Å². The third-order valence-corrected chi connectivity index (χ3v) is 4.39. The highest BCUT2D eigenvalue weighted by Crippen LogP contribution is 2.32. The highest BCUT2D eigenvalue weighted by Gasteiger charge is 2.33. The van der Waals surface area contributed by atoms with Crippen LogP contribution in [-0.4, -0.2) is 17.9 Å². The second kappa shape index (κ2) is 6.42. The van der Waals surface area contributed by atoms with Crippen LogP contribution in [0.3, 0.4) is 0 Å². The Morgan fingerprint density at radius 3 is 2.53 bits per heavy atom. The Morgan fingerprint density at radius 2 is 1.89 bits per heavy atom. The molecule has 0 heterocycles. The zero-order chi connectivity index (χ0) is 13.8. The minimum atomic E-state index is -1.16. The van der Waals surface area contributed by atoms with Crippen molar-refractivity contribution >= 4 is 23.5 Å². The van der Waals surface area contributed by atoms with E-state index in [2.05, 4.69) is 5.32 Å². The van der Waals surface area contributed by atoms with Crippen molar-refractivity contribution in [1.82, 2.24) is 5.32 Å². The summed E-state index contributed by atoms with van der Waals surface area (Å²) in [5.74, 6) is -2.70. The number of rotatable bonds is 3. The third kappa shape index (κ3) is 3.72. The van der Waals surface area contributed by atoms with Gasteiger partial charge in [0.1, 0.15) is 0 Å². The van der Waals surface area contributed by atoms with E-state index >= 15 is 0 Å². The summed E-state index contributed by atoms with van der Waals surface area (Å²) >= 11 is 5.94. The number of carboxylic acids is 1. The van der Waals surface area contributed by atoms with E-state index in [9.17, 15) is 14.7 Å². The molecule has 2 aliphatic rings. The van der Waals surface area contributed by atoms with Crippen molar-refractivity contribution in [3.8, 4) is 0 Å². The lowest BCUT2D eigenvalue weighted by Crippen LogP contribution is -2.47. The van der Waals surface area contributed by atoms with Crippen molar-refractivity contribution in [2.24, 2.45) is 11.8 Å². The van der Waals surface area contributed by atoms with E-state index in [-0.39, 0.29) is 18.4 Å². The van der Waals surface area contributed by atoms with Crippen molar-refractivity contribution in [3.05, 3.63) is 11.1 Å². The predicted molar refractivity (Wildman–Crippen MR) is 70.2 cm³/mol. The van der Waals surface area contributed by atoms with Gasteiger partial charge < -0.3 is 15.2 Å². The smallest absolute Gasteiger partial charge is 0.224 e. The van der Waals surface area contributed by atoms with Crippen LogP contribution >= 0.6 is 11.6 Å². The van der Waals surface area contributed by atoms with E-state index < -0.39 is 17.8 Å². The molecule has 4 nitrogen and oxygen atoms in total. The van der Waals surface area contributed by atoms with Crippen LogP contribution in [0.25, 0.3) is 0 Å². The summed E-state index contributed by atoms with van der Waals surface area (Å²) in [6.07, 6.45) is 7.69. The fraction of sp³-hybridized carbons (Fsp3) is 0.714. The van der Waals surface area contributed by atoms with Crippen molar-refractivity contribution in [2.45, 2.75) is 51.0 Å². The first-order valence-electron chi connectivity index (χ1n) is 6.93. The molecule has 1 saturated carbocycles. The first-order valence-corrected chi connectivity index (χ1v) is 7.31. The average molecular weight is 285 g/mol. The van der Waals surface area contributed by atoms with E-state index in [1.807, 2.05) is 0 Å². The number of hydrogen-bond donors (Lipinski definition) is 1. The van der Waals surface area contributed by atoms with Gasteiger partial charge in [-0.2, -0.15) is 0 Å². The highest BCUT2D eigenvalue weighted by atomic mass is 35.5. The molecule has 0 aliphatic heterocycles. The van der Waals surface area contributed by atoms with Crippen molar-refractivity contribution in [1.29, 1.82) is 0 Å². The van der Waals surface area contributed by atoms with Crippen LogP contribution in [0.4, 0.5) is 0 Å². The van der Waals surface area contributed by atoms with Crippen molar-refractivity contribution in [3.63, 3.8) is 0 Å². The highest BCUT2D eigenvalue weighted by molar-refractivity contribution is 6.29. The van der Waals surface area contributed by atoms with Gasteiger partial charge in [-0.1, -0.05) is 36.9 Å². The van der Waals surface area contributed by atoms with Gasteiger partial charge in [0.05, 0.1) is 5.92 Å². The van der Waals surface area contributed by atoms with Crippen LogP contribution in [-0.2, 0) is 9.59 Å². The molecule has 0 aromatic rings. The quantitative estimate of drug-likeness (QED) is 0.850. The largest absolute Gasteiger partial charge is 0.550 e. The topological polar surface area (TPSA) is 69.2 Å². The summed E-state index contributed by atoms with van der Waals surface area (Å²) in [7, 11) is 0. The van der Waals surface area contributed by atoms with Gasteiger partial charge in [-0.25, -0.2) is 0 Å². The lowest BCUT2D eigenvalue weighted by Gasteiger charge is -2.32. The molecular weight excluding hydrogens is 266 g/mol. The summed E-state index contributed by atoms with van der Waals surface area (Å²) < 4.78 is 0. The summed E-state index contributed by atoms with van der Waals surface area (Å²) in [5, 5.41) is 14.7. The molecule has 1 N–H and O–H groups in total. The predicted octanol–water partition coefficient (Wildman–Crippen LogP) is 1.33. The number of carbonyl (C=O) groups excluding carboxylic acids is 2. The molecule has 2 rings (SSSR count). The number of aliphatic carboxylic acids is 1. The monoisotopic (exact) mass is 284 g/mol. The zero-order valence-electron chi connectivity index (χ0n) is 10.9. The summed E-state index contributed by atoms with van der Waals surface area (Å²) in [5.41, 5.74) is 0. The molecule has 1 amide bonds. The Kier molecular flexibility index (Phi) is 4.86. The molecule has 1 fully saturated rings. The standard InChI is InChI=1S/C14H20ClNO3/c15-9-6-7-11(14(18)19)12(8-9)13(17)16-10-4-2-1-3-5-10/h6,10-12H,1-5,7-8H2,(H,16,17)(H,18,19)/p-1/t11-,12+/m1/s1. The zero-order valence-corrected chi connectivity index (χ0v) is 11.6. The van der Waals surface area contributed by atoms with Gasteiger partial charge in [0.25, 0.3) is 0 Å². The molecule has 2 atom stereocenters. The minimum absolute atomic E-state index is 0.188. The van der Waals surface area contributed by atoms with Gasteiger partial charge in [0, 0.05) is 23.0 Å². The number of carbonyl (C=O) groups is 2. The Hall–Kier alpha value is -1.03. The summed E-state index contributed by atoms with van der Waals surface area (Å²) in [6, 6.07) is 0.188. The second-order valence-electron chi connectivity index (χ2n) is 5.47. The normalized spacial score (nSPS) is 28.6. The van der Waals surface area contributed by atoms with E-state index in [1.165, 1.54) is 6.42 Å². The van der Waals surface area contributed by atoms with Gasteiger partial charge in [0.2, 0.25) is 5.91 Å². The Morgan fingerprint density at radius 1 is 1.21 bits per heavy atom. The molecule has 0 saturated heterocycles. The first kappa shape index (κ1) is 14.4. The molecule has 2 aliphatic carbocycles. The van der Waals surface area contributed by atoms with Crippen LogP contribution in [0.15, 0.2) is 11.1 Å². The van der Waals surface area contributed by atoms with Crippen LogP contribution in [0.5, 0.6) is 0 Å². The van der Waals surface area contributed by atoms with Gasteiger partial charge in [0.15, 0.2) is 0 Å². The maximum absolute atomic E-state index is 12.2. The van der Waals surface area contributed by atoms with Gasteiger partial charge in [-0.3, -0.25) is 4.79 Å². The van der Waals surface area contributed by atoms with E-state index in [4.69, 9.17) is 11.6 Å². The maximum atomic E-state index is 12.2. The molecule has 19 heavy (non-hydrogen) atoms. The lowest BCUT2D eigenvalue weighted by atomic mass is 9.82. The fourth-order valence-corrected chi connectivity index (χ4v) is 3.20. The SMILES string of the molecule is O=C(NC1CCCCC1)[C@H]1CC(Cl)=CC[C@H]1C(=O)[O-]. The molecular formula is C14H19ClNO3-. The molecule has 0 bridgehead atoms. The fourth-order valence-electron chi connectivity index (χ4n) is 2.95. The third-order valence-electron chi connectivity index (χ3n) is 4.08. The molecule has 0 aromatic carbocycles. The van der Waals surface area contributed by atoms with Crippen LogP contribution in [0.2, 0.25) is 0 Å². The van der Waals surface area contributed by atoms with E-state index in [0.29, 0.717) is 11.5 Å². The number of allylic oxidation sites excluding steroid dienone is 2. The molecule has 0 radical (unpaired) electrons. The summed E-state index contributed by atoms with van der Waals surface area (Å²) in [6.45, 7) is 0. The lowest BCUT2D eigenvalue weighted by molar-refractivity contribution is -0.313. The maximum Gasteiger partial charge on any atom is 0.224 e. The Labute approximate surface area is 118 Å². The number of hydrogen-bond acceptors (Lipinski definition) is 3.